The number of halogens is 5. The maximum atomic E-state index is 14.3. The van der Waals surface area contributed by atoms with E-state index in [9.17, 15) is 23.2 Å². The van der Waals surface area contributed by atoms with Gasteiger partial charge in [-0.1, -0.05) is 47.0 Å². The Balaban J connectivity index is 0.000000162. The van der Waals surface area contributed by atoms with Crippen molar-refractivity contribution in [2.24, 2.45) is 0 Å². The summed E-state index contributed by atoms with van der Waals surface area (Å²) in [6, 6.07) is 16.2. The van der Waals surface area contributed by atoms with Gasteiger partial charge < -0.3 is 25.3 Å². The number of anilines is 3. The number of carbonyl (C=O) groups is 1. The van der Waals surface area contributed by atoms with Crippen LogP contribution in [0.15, 0.2) is 101 Å². The summed E-state index contributed by atoms with van der Waals surface area (Å²) in [5, 5.41) is 5.23. The predicted octanol–water partition coefficient (Wildman–Crippen LogP) is 10.4. The van der Waals surface area contributed by atoms with Crippen molar-refractivity contribution in [3.8, 4) is 34.0 Å². The van der Waals surface area contributed by atoms with E-state index in [0.29, 0.717) is 26.4 Å². The van der Waals surface area contributed by atoms with E-state index >= 15 is 0 Å². The molecule has 5 aromatic heterocycles. The van der Waals surface area contributed by atoms with Gasteiger partial charge in [0, 0.05) is 62.8 Å². The van der Waals surface area contributed by atoms with Crippen LogP contribution in [0.3, 0.4) is 0 Å². The average Bonchev–Trinajstić information content (AvgIpc) is 3.90. The monoisotopic (exact) mass is 903 g/mol. The van der Waals surface area contributed by atoms with Crippen LogP contribution in [-0.4, -0.2) is 50.4 Å². The highest BCUT2D eigenvalue weighted by molar-refractivity contribution is 6.35. The molecule has 0 amide bonds. The molecule has 7 aromatic rings. The quantitative estimate of drug-likeness (QED) is 0.125. The summed E-state index contributed by atoms with van der Waals surface area (Å²) in [5.74, 6) is -0.687. The van der Waals surface area contributed by atoms with Crippen molar-refractivity contribution in [1.82, 2.24) is 24.5 Å². The van der Waals surface area contributed by atoms with Crippen molar-refractivity contribution in [3.63, 3.8) is 0 Å². The number of pyridine rings is 4. The molecule has 0 spiro atoms. The molecule has 5 N–H and O–H groups in total. The van der Waals surface area contributed by atoms with E-state index in [1.807, 2.05) is 39.0 Å². The highest BCUT2D eigenvalue weighted by Gasteiger charge is 2.21. The lowest BCUT2D eigenvalue weighted by molar-refractivity contribution is 0.0543. The Bertz CT molecular complexity index is 2960. The number of fused-ring (bicyclic) bond motifs is 2. The first-order valence-corrected chi connectivity index (χ1v) is 19.7. The Morgan fingerprint density at radius 3 is 2.00 bits per heavy atom. The van der Waals surface area contributed by atoms with Gasteiger partial charge >= 0.3 is 6.09 Å². The fourth-order valence-corrected chi connectivity index (χ4v) is 6.69. The van der Waals surface area contributed by atoms with Crippen LogP contribution in [0.5, 0.6) is 11.8 Å². The molecule has 62 heavy (non-hydrogen) atoms. The van der Waals surface area contributed by atoms with Gasteiger partial charge in [0.1, 0.15) is 22.9 Å². The van der Waals surface area contributed by atoms with Crippen molar-refractivity contribution >= 4 is 75.1 Å². The third-order valence-electron chi connectivity index (χ3n) is 8.95. The second kappa shape index (κ2) is 18.9. The van der Waals surface area contributed by atoms with Crippen LogP contribution in [-0.2, 0) is 11.2 Å². The molecule has 0 saturated carbocycles. The maximum absolute atomic E-state index is 14.3. The first-order valence-electron chi connectivity index (χ1n) is 18.5. The number of nitrogens with one attached hydrogen (secondary N) is 3. The van der Waals surface area contributed by atoms with Gasteiger partial charge in [-0.2, -0.15) is 0 Å². The summed E-state index contributed by atoms with van der Waals surface area (Å²) in [7, 11) is 2.83. The highest BCUT2D eigenvalue weighted by Crippen LogP contribution is 2.34. The molecule has 8 rings (SSSR count). The van der Waals surface area contributed by atoms with Gasteiger partial charge in [-0.3, -0.25) is 24.5 Å². The first kappa shape index (κ1) is 44.9. The minimum atomic E-state index is -0.547. The van der Waals surface area contributed by atoms with Crippen LogP contribution in [0.1, 0.15) is 32.0 Å². The predicted molar refractivity (Wildman–Crippen MR) is 239 cm³/mol. The highest BCUT2D eigenvalue weighted by atomic mass is 35.5. The number of carbonyl (C=O) groups excluding carboxylic acids is 1. The van der Waals surface area contributed by atoms with Gasteiger partial charge in [-0.05, 0) is 87.5 Å². The Hall–Kier alpha value is -6.68. The lowest BCUT2D eigenvalue weighted by Crippen LogP contribution is -2.26. The number of nitrogen functional groups attached to an aromatic ring is 1. The fourth-order valence-electron chi connectivity index (χ4n) is 6.14. The van der Waals surface area contributed by atoms with E-state index in [4.69, 9.17) is 54.7 Å². The second-order valence-corrected chi connectivity index (χ2v) is 15.6. The largest absolute Gasteiger partial charge is 0.481 e. The van der Waals surface area contributed by atoms with Crippen molar-refractivity contribution in [1.29, 1.82) is 0 Å². The number of nitrogens with zero attached hydrogens (tertiary/aromatic N) is 3. The number of nitrogens with two attached hydrogens (primary N) is 1. The van der Waals surface area contributed by atoms with E-state index in [2.05, 4.69) is 25.3 Å². The third kappa shape index (κ3) is 10.3. The molecule has 2 aromatic carbocycles. The molecule has 13 nitrogen and oxygen atoms in total. The lowest BCUT2D eigenvalue weighted by atomic mass is 10.1. The van der Waals surface area contributed by atoms with E-state index < -0.39 is 34.4 Å². The molecular formula is C44H38Cl3F2N7O6. The summed E-state index contributed by atoms with van der Waals surface area (Å²) in [6.07, 6.45) is 9.21. The number of ether oxygens (including phenoxy) is 3. The summed E-state index contributed by atoms with van der Waals surface area (Å²) in [5.41, 5.74) is 8.61. The molecule has 0 bridgehead atoms. The van der Waals surface area contributed by atoms with Crippen molar-refractivity contribution < 1.29 is 27.8 Å². The summed E-state index contributed by atoms with van der Waals surface area (Å²) < 4.78 is 44.7. The summed E-state index contributed by atoms with van der Waals surface area (Å²) >= 11 is 17.8. The normalized spacial score (nSPS) is 11.5. The molecule has 0 unspecified atom stereocenters. The Labute approximate surface area is 368 Å². The maximum Gasteiger partial charge on any atom is 0.420 e. The Morgan fingerprint density at radius 2 is 1.39 bits per heavy atom. The van der Waals surface area contributed by atoms with Crippen molar-refractivity contribution in [2.45, 2.75) is 32.8 Å². The number of aromatic amines is 2. The van der Waals surface area contributed by atoms with E-state index in [-0.39, 0.29) is 39.7 Å². The minimum Gasteiger partial charge on any atom is -0.481 e. The van der Waals surface area contributed by atoms with Crippen LogP contribution in [0, 0.1) is 11.6 Å². The molecule has 18 heteroatoms. The number of aromatic nitrogens is 5. The van der Waals surface area contributed by atoms with E-state index in [1.54, 1.807) is 36.8 Å². The zero-order chi connectivity index (χ0) is 44.9. The molecule has 1 aliphatic carbocycles. The molecule has 320 valence electrons. The van der Waals surface area contributed by atoms with Gasteiger partial charge in [0.15, 0.2) is 5.65 Å². The molecule has 1 aliphatic rings. The molecular weight excluding hydrogens is 867 g/mol. The Morgan fingerprint density at radius 1 is 0.790 bits per heavy atom. The number of methoxy groups -OCH3 is 2. The van der Waals surface area contributed by atoms with Crippen LogP contribution < -0.4 is 31.6 Å². The SMILES string of the molecule is CC(C)(C)OC(=O)n1ccc2c(Cl)ccnc21.COc1[nH]c(=O)c(-c2cc(Cl)ccc2F)cc1N.COc1[nH]c(=O)c(-c2cc(Cl)ccc2F)cc1Nc1ccnc2c1C=CC2. The van der Waals surface area contributed by atoms with Gasteiger partial charge in [-0.25, -0.2) is 23.1 Å². The van der Waals surface area contributed by atoms with E-state index in [1.165, 1.54) is 61.3 Å². The number of allylic oxidation sites excluding steroid dienone is 1. The van der Waals surface area contributed by atoms with Crippen LogP contribution in [0.25, 0.3) is 39.4 Å². The second-order valence-electron chi connectivity index (χ2n) is 14.4. The summed E-state index contributed by atoms with van der Waals surface area (Å²) in [6.45, 7) is 5.45. The number of benzene rings is 2. The third-order valence-corrected chi connectivity index (χ3v) is 9.75. The van der Waals surface area contributed by atoms with Crippen LogP contribution in [0.4, 0.5) is 30.6 Å². The Kier molecular flexibility index (Phi) is 13.7. The number of hydrogen-bond acceptors (Lipinski definition) is 10. The van der Waals surface area contributed by atoms with Crippen LogP contribution in [0.2, 0.25) is 15.1 Å². The summed E-state index contributed by atoms with van der Waals surface area (Å²) in [4.78, 5) is 49.7. The van der Waals surface area contributed by atoms with Crippen molar-refractivity contribution in [2.75, 3.05) is 25.3 Å². The standard InChI is InChI=1S/C20H15ClFN3O2.C12H10ClFN2O2.C12H13ClN2O2/c1-27-20-18(24-17-7-8-23-16-4-2-3-12(16)17)10-14(19(26)25-20)13-9-11(21)5-6-15(13)22;1-18-12-10(15)5-8(11(17)16-12)7-4-6(13)2-3-9(7)14;1-12(2,3)17-11(16)15-7-5-8-9(13)4-6-14-10(8)15/h2-3,5-10H,4H2,1H3,(H,23,24)(H,25,26);2-5H,15H2,1H3,(H,16,17);4-7H,1-3H3. The molecule has 5 heterocycles. The average molecular weight is 905 g/mol. The van der Waals surface area contributed by atoms with Gasteiger partial charge in [0.2, 0.25) is 11.8 Å². The zero-order valence-electron chi connectivity index (χ0n) is 33.7. The molecule has 0 fully saturated rings. The minimum absolute atomic E-state index is 0.0955. The van der Waals surface area contributed by atoms with Crippen LogP contribution >= 0.6 is 34.8 Å². The topological polar surface area (TPSA) is 179 Å². The zero-order valence-corrected chi connectivity index (χ0v) is 36.0. The van der Waals surface area contributed by atoms with Gasteiger partial charge in [0.25, 0.3) is 11.1 Å². The number of rotatable bonds is 6. The molecule has 0 aliphatic heterocycles. The molecule has 0 saturated heterocycles. The van der Waals surface area contributed by atoms with Crippen molar-refractivity contribution in [3.05, 3.63) is 150 Å². The number of hydrogen-bond donors (Lipinski definition) is 4. The number of H-pyrrole nitrogens is 2. The molecule has 0 radical (unpaired) electrons. The first-order chi connectivity index (χ1) is 29.5. The van der Waals surface area contributed by atoms with E-state index in [0.717, 1.165) is 28.8 Å². The van der Waals surface area contributed by atoms with Gasteiger partial charge in [0.05, 0.1) is 41.8 Å². The lowest BCUT2D eigenvalue weighted by Gasteiger charge is -2.19. The molecule has 0 atom stereocenters. The smallest absolute Gasteiger partial charge is 0.420 e. The van der Waals surface area contributed by atoms with Gasteiger partial charge in [-0.15, -0.1) is 0 Å². The fraction of sp³-hybridized carbons (Fsp3) is 0.159.